The van der Waals surface area contributed by atoms with Gasteiger partial charge in [-0.25, -0.2) is 0 Å². The van der Waals surface area contributed by atoms with Gasteiger partial charge in [-0.05, 0) is 55.8 Å². The highest BCUT2D eigenvalue weighted by Gasteiger charge is 2.14. The Balaban J connectivity index is 0.00000240. The first kappa shape index (κ1) is 26.9. The Labute approximate surface area is 196 Å². The highest BCUT2D eigenvalue weighted by Crippen LogP contribution is 2.17. The number of hydrogen-bond donors (Lipinski definition) is 3. The van der Waals surface area contributed by atoms with Crippen molar-refractivity contribution in [3.63, 3.8) is 0 Å². The lowest BCUT2D eigenvalue weighted by Crippen LogP contribution is -2.33. The van der Waals surface area contributed by atoms with Crippen LogP contribution in [0.2, 0.25) is 0 Å². The average Bonchev–Trinajstić information content (AvgIpc) is 2.98. The molecule has 1 heterocycles. The van der Waals surface area contributed by atoms with E-state index in [1.807, 2.05) is 30.3 Å². The van der Waals surface area contributed by atoms with Gasteiger partial charge in [0.05, 0.1) is 6.54 Å². The second kappa shape index (κ2) is 14.0. The van der Waals surface area contributed by atoms with Gasteiger partial charge >= 0.3 is 0 Å². The van der Waals surface area contributed by atoms with Gasteiger partial charge in [-0.2, -0.15) is 0 Å². The number of likely N-dealkylation sites (tertiary alicyclic amines) is 1. The molecule has 1 aliphatic rings. The lowest BCUT2D eigenvalue weighted by atomic mass is 10.0. The normalized spacial score (nSPS) is 14.9. The van der Waals surface area contributed by atoms with Gasteiger partial charge in [0.15, 0.2) is 0 Å². The third-order valence-corrected chi connectivity index (χ3v) is 5.15. The van der Waals surface area contributed by atoms with E-state index >= 15 is 0 Å². The van der Waals surface area contributed by atoms with E-state index in [1.165, 1.54) is 12.8 Å². The van der Waals surface area contributed by atoms with Crippen LogP contribution in [0.4, 0.5) is 11.4 Å². The summed E-state index contributed by atoms with van der Waals surface area (Å²) in [6.45, 7) is 2.41. The average molecular weight is 467 g/mol. The molecule has 170 valence electrons. The Morgan fingerprint density at radius 2 is 1.32 bits per heavy atom. The molecular weight excluding hydrogens is 435 g/mol. The molecule has 31 heavy (non-hydrogen) atoms. The van der Waals surface area contributed by atoms with Crippen molar-refractivity contribution in [3.8, 4) is 0 Å². The third kappa shape index (κ3) is 9.27. The highest BCUT2D eigenvalue weighted by molar-refractivity contribution is 5.94. The zero-order valence-corrected chi connectivity index (χ0v) is 19.2. The van der Waals surface area contributed by atoms with E-state index in [0.717, 1.165) is 37.2 Å². The Morgan fingerprint density at radius 3 is 1.87 bits per heavy atom. The summed E-state index contributed by atoms with van der Waals surface area (Å²) in [5.74, 6) is -0.142. The van der Waals surface area contributed by atoms with E-state index in [9.17, 15) is 9.59 Å². The van der Waals surface area contributed by atoms with Gasteiger partial charge in [0.2, 0.25) is 11.8 Å². The van der Waals surface area contributed by atoms with E-state index in [-0.39, 0.29) is 49.1 Å². The third-order valence-electron chi connectivity index (χ3n) is 5.15. The minimum Gasteiger partial charge on any atom is -0.326 e. The number of carbonyl (C=O) groups excluding carboxylic acids is 2. The van der Waals surface area contributed by atoms with Crippen molar-refractivity contribution >= 4 is 48.0 Å². The monoisotopic (exact) mass is 466 g/mol. The molecule has 1 atom stereocenters. The van der Waals surface area contributed by atoms with E-state index in [4.69, 9.17) is 5.73 Å². The number of nitrogens with one attached hydrogen (secondary N) is 2. The van der Waals surface area contributed by atoms with Gasteiger partial charge in [0.25, 0.3) is 0 Å². The molecule has 1 unspecified atom stereocenters. The quantitative estimate of drug-likeness (QED) is 0.564. The molecule has 0 aromatic heterocycles. The van der Waals surface area contributed by atoms with Gasteiger partial charge in [0, 0.05) is 23.8 Å². The Bertz CT molecular complexity index is 795. The van der Waals surface area contributed by atoms with Gasteiger partial charge in [-0.15, -0.1) is 24.8 Å². The van der Waals surface area contributed by atoms with Crippen molar-refractivity contribution in [1.82, 2.24) is 4.90 Å². The standard InChI is InChI=1S/C23H30N4O2.2ClH/c24-21(18-8-4-3-5-9-18)16-22(28)25-19-10-12-20(13-11-19)26-23(29)17-27-14-6-1-2-7-15-27;;/h3-5,8-13,21H,1-2,6-7,14-17,24H2,(H,25,28)(H,26,29);2*1H. The fraction of sp³-hybridized carbons (Fsp3) is 0.391. The lowest BCUT2D eigenvalue weighted by molar-refractivity contribution is -0.117. The summed E-state index contributed by atoms with van der Waals surface area (Å²) in [7, 11) is 0. The van der Waals surface area contributed by atoms with Crippen molar-refractivity contribution in [2.45, 2.75) is 38.1 Å². The SMILES string of the molecule is Cl.Cl.NC(CC(=O)Nc1ccc(NC(=O)CN2CCCCCC2)cc1)c1ccccc1. The van der Waals surface area contributed by atoms with Crippen LogP contribution in [0, 0.1) is 0 Å². The molecule has 0 saturated carbocycles. The molecular formula is C23H32Cl2N4O2. The maximum Gasteiger partial charge on any atom is 0.238 e. The fourth-order valence-corrected chi connectivity index (χ4v) is 3.56. The second-order valence-electron chi connectivity index (χ2n) is 7.59. The molecule has 1 saturated heterocycles. The number of nitrogens with two attached hydrogens (primary N) is 1. The second-order valence-corrected chi connectivity index (χ2v) is 7.59. The summed E-state index contributed by atoms with van der Waals surface area (Å²) < 4.78 is 0. The topological polar surface area (TPSA) is 87.5 Å². The molecule has 6 nitrogen and oxygen atoms in total. The number of hydrogen-bond acceptors (Lipinski definition) is 4. The molecule has 2 amide bonds. The molecule has 0 spiro atoms. The predicted octanol–water partition coefficient (Wildman–Crippen LogP) is 4.37. The molecule has 1 fully saturated rings. The van der Waals surface area contributed by atoms with Crippen molar-refractivity contribution < 1.29 is 9.59 Å². The molecule has 0 aliphatic carbocycles. The first-order valence-corrected chi connectivity index (χ1v) is 10.3. The molecule has 4 N–H and O–H groups in total. The van der Waals surface area contributed by atoms with Crippen molar-refractivity contribution in [2.24, 2.45) is 5.73 Å². The zero-order chi connectivity index (χ0) is 20.5. The summed E-state index contributed by atoms with van der Waals surface area (Å²) in [6.07, 6.45) is 5.03. The number of benzene rings is 2. The van der Waals surface area contributed by atoms with Crippen LogP contribution in [0.5, 0.6) is 0 Å². The largest absolute Gasteiger partial charge is 0.326 e. The van der Waals surface area contributed by atoms with Crippen LogP contribution in [-0.2, 0) is 9.59 Å². The van der Waals surface area contributed by atoms with E-state index in [2.05, 4.69) is 15.5 Å². The fourth-order valence-electron chi connectivity index (χ4n) is 3.56. The van der Waals surface area contributed by atoms with Crippen LogP contribution < -0.4 is 16.4 Å². The van der Waals surface area contributed by atoms with Crippen molar-refractivity contribution in [2.75, 3.05) is 30.3 Å². The summed E-state index contributed by atoms with van der Waals surface area (Å²) in [5, 5.41) is 5.79. The Hall–Kier alpha value is -2.12. The smallest absolute Gasteiger partial charge is 0.238 e. The van der Waals surface area contributed by atoms with Crippen LogP contribution in [-0.4, -0.2) is 36.3 Å². The number of amides is 2. The first-order chi connectivity index (χ1) is 14.1. The maximum absolute atomic E-state index is 12.3. The summed E-state index contributed by atoms with van der Waals surface area (Å²) >= 11 is 0. The summed E-state index contributed by atoms with van der Waals surface area (Å²) in [5.41, 5.74) is 8.45. The number of carbonyl (C=O) groups is 2. The van der Waals surface area contributed by atoms with Gasteiger partial charge < -0.3 is 16.4 Å². The van der Waals surface area contributed by atoms with Gasteiger partial charge in [0.1, 0.15) is 0 Å². The number of nitrogens with zero attached hydrogens (tertiary/aromatic N) is 1. The summed E-state index contributed by atoms with van der Waals surface area (Å²) in [4.78, 5) is 26.7. The minimum atomic E-state index is -0.339. The van der Waals surface area contributed by atoms with Crippen LogP contribution in [0.15, 0.2) is 54.6 Å². The zero-order valence-electron chi connectivity index (χ0n) is 17.6. The molecule has 1 aliphatic heterocycles. The molecule has 2 aromatic rings. The number of halogens is 2. The molecule has 8 heteroatoms. The molecule has 0 bridgehead atoms. The van der Waals surface area contributed by atoms with Crippen molar-refractivity contribution in [3.05, 3.63) is 60.2 Å². The Morgan fingerprint density at radius 1 is 0.806 bits per heavy atom. The van der Waals surface area contributed by atoms with Gasteiger partial charge in [-0.3, -0.25) is 14.5 Å². The molecule has 2 aromatic carbocycles. The summed E-state index contributed by atoms with van der Waals surface area (Å²) in [6, 6.07) is 16.4. The maximum atomic E-state index is 12.3. The van der Waals surface area contributed by atoms with Crippen LogP contribution in [0.25, 0.3) is 0 Å². The minimum absolute atomic E-state index is 0. The van der Waals surface area contributed by atoms with E-state index in [0.29, 0.717) is 12.2 Å². The van der Waals surface area contributed by atoms with Crippen LogP contribution >= 0.6 is 24.8 Å². The van der Waals surface area contributed by atoms with Gasteiger partial charge in [-0.1, -0.05) is 43.2 Å². The van der Waals surface area contributed by atoms with Crippen LogP contribution in [0.1, 0.15) is 43.7 Å². The van der Waals surface area contributed by atoms with E-state index in [1.54, 1.807) is 24.3 Å². The number of anilines is 2. The molecule has 0 radical (unpaired) electrons. The highest BCUT2D eigenvalue weighted by atomic mass is 35.5. The van der Waals surface area contributed by atoms with Crippen molar-refractivity contribution in [1.29, 1.82) is 0 Å². The van der Waals surface area contributed by atoms with E-state index < -0.39 is 0 Å². The Kier molecular flexibility index (Phi) is 12.2. The first-order valence-electron chi connectivity index (χ1n) is 10.3. The van der Waals surface area contributed by atoms with Crippen LogP contribution in [0.3, 0.4) is 0 Å². The molecule has 3 rings (SSSR count). The lowest BCUT2D eigenvalue weighted by Gasteiger charge is -2.19. The number of rotatable bonds is 7. The predicted molar refractivity (Wildman–Crippen MR) is 131 cm³/mol.